The van der Waals surface area contributed by atoms with E-state index < -0.39 is 18.9 Å². The van der Waals surface area contributed by atoms with Crippen LogP contribution in [0.2, 0.25) is 13.1 Å². The monoisotopic (exact) mass is 299 g/mol. The molecule has 0 saturated heterocycles. The second kappa shape index (κ2) is 5.03. The number of benzene rings is 1. The van der Waals surface area contributed by atoms with E-state index in [1.807, 2.05) is 6.92 Å². The highest BCUT2D eigenvalue weighted by molar-refractivity contribution is 7.85. The molecule has 0 aliphatic heterocycles. The van der Waals surface area contributed by atoms with Crippen LogP contribution in [0.25, 0.3) is 0 Å². The third kappa shape index (κ3) is 3.27. The molecule has 1 aromatic rings. The Morgan fingerprint density at radius 2 is 1.58 bits per heavy atom. The van der Waals surface area contributed by atoms with Gasteiger partial charge in [-0.3, -0.25) is 4.55 Å². The normalized spacial score (nSPS) is 13.1. The number of rotatable bonds is 2. The smallest absolute Gasteiger partial charge is 0.282 e. The summed E-state index contributed by atoms with van der Waals surface area (Å²) in [6.45, 7) is 14.3. The van der Waals surface area contributed by atoms with Gasteiger partial charge >= 0.3 is 0 Å². The van der Waals surface area contributed by atoms with E-state index in [1.165, 1.54) is 0 Å². The lowest BCUT2D eigenvalue weighted by Gasteiger charge is -2.27. The molecule has 3 nitrogen and oxygen atoms in total. The van der Waals surface area contributed by atoms with Gasteiger partial charge in [-0.05, 0) is 42.0 Å². The van der Waals surface area contributed by atoms with Crippen molar-refractivity contribution in [3.8, 4) is 0 Å². The summed E-state index contributed by atoms with van der Waals surface area (Å²) in [6, 6.07) is 1.63. The zero-order valence-corrected chi connectivity index (χ0v) is 14.6. The van der Waals surface area contributed by atoms with E-state index in [9.17, 15) is 13.0 Å². The summed E-state index contributed by atoms with van der Waals surface area (Å²) < 4.78 is 32.6. The molecule has 0 spiro atoms. The van der Waals surface area contributed by atoms with Gasteiger partial charge in [-0.15, -0.1) is 0 Å². The molecule has 0 aliphatic carbocycles. The maximum atomic E-state index is 11.6. The fourth-order valence-electron chi connectivity index (χ4n) is 2.68. The van der Waals surface area contributed by atoms with Crippen molar-refractivity contribution in [3.05, 3.63) is 22.8 Å². The Morgan fingerprint density at radius 3 is 1.89 bits per heavy atom. The molecule has 107 valence electrons. The minimum absolute atomic E-state index is 0.0595. The van der Waals surface area contributed by atoms with Crippen molar-refractivity contribution in [3.63, 3.8) is 0 Å². The number of hydrogen-bond donors (Lipinski definition) is 1. The van der Waals surface area contributed by atoms with Crippen LogP contribution in [0.3, 0.4) is 0 Å². The predicted octanol–water partition coefficient (Wildman–Crippen LogP) is 2.81. The molecule has 1 radical (unpaired) electrons. The minimum atomic E-state index is -4.17. The van der Waals surface area contributed by atoms with Gasteiger partial charge in [0.1, 0.15) is 0 Å². The third-order valence-electron chi connectivity index (χ3n) is 3.38. The highest BCUT2D eigenvalue weighted by Crippen LogP contribution is 2.29. The first-order valence-electron chi connectivity index (χ1n) is 6.30. The van der Waals surface area contributed by atoms with E-state index in [1.54, 1.807) is 13.0 Å². The van der Waals surface area contributed by atoms with E-state index in [0.717, 1.165) is 16.3 Å². The quantitative estimate of drug-likeness (QED) is 0.675. The Kier molecular flexibility index (Phi) is 4.35. The average Bonchev–Trinajstić information content (AvgIpc) is 2.12. The van der Waals surface area contributed by atoms with E-state index in [4.69, 9.17) is 0 Å². The first kappa shape index (κ1) is 16.4. The summed E-state index contributed by atoms with van der Waals surface area (Å²) in [5.74, 6) is 0. The molecule has 0 heterocycles. The lowest BCUT2D eigenvalue weighted by Crippen LogP contribution is -2.33. The lowest BCUT2D eigenvalue weighted by atomic mass is 9.83. The van der Waals surface area contributed by atoms with Gasteiger partial charge in [-0.1, -0.05) is 39.1 Å². The fourth-order valence-corrected chi connectivity index (χ4v) is 5.30. The van der Waals surface area contributed by atoms with Gasteiger partial charge < -0.3 is 0 Å². The van der Waals surface area contributed by atoms with Crippen LogP contribution >= 0.6 is 0 Å². The Labute approximate surface area is 118 Å². The van der Waals surface area contributed by atoms with Crippen molar-refractivity contribution >= 4 is 24.1 Å². The second-order valence-electron chi connectivity index (χ2n) is 6.27. The molecule has 0 bridgehead atoms. The summed E-state index contributed by atoms with van der Waals surface area (Å²) >= 11 is 0. The summed E-state index contributed by atoms with van der Waals surface area (Å²) in [4.78, 5) is 0.0595. The van der Waals surface area contributed by atoms with Gasteiger partial charge in [0, 0.05) is 0 Å². The van der Waals surface area contributed by atoms with Crippen LogP contribution in [-0.2, 0) is 15.5 Å². The zero-order chi connectivity index (χ0) is 15.2. The molecule has 1 rings (SSSR count). The van der Waals surface area contributed by atoms with Gasteiger partial charge in [0.25, 0.3) is 10.1 Å². The van der Waals surface area contributed by atoms with Crippen LogP contribution in [0.5, 0.6) is 0 Å². The minimum Gasteiger partial charge on any atom is -0.282 e. The van der Waals surface area contributed by atoms with Gasteiger partial charge in [-0.2, -0.15) is 8.42 Å². The van der Waals surface area contributed by atoms with Crippen LogP contribution in [0.4, 0.5) is 0 Å². The zero-order valence-electron chi connectivity index (χ0n) is 12.7. The summed E-state index contributed by atoms with van der Waals surface area (Å²) in [7, 11) is -4.98. The Balaban J connectivity index is 3.86. The largest absolute Gasteiger partial charge is 0.294 e. The standard InChI is InChI=1S/C14H23O3SSi/c1-9-11(14(3,4)5)8-12(18(15,16)17)10(2)13(9)19(6)7/h8H,1-7H3,(H,15,16,17). The molecule has 0 saturated carbocycles. The third-order valence-corrected chi connectivity index (χ3v) is 6.11. The van der Waals surface area contributed by atoms with Crippen molar-refractivity contribution < 1.29 is 13.0 Å². The highest BCUT2D eigenvalue weighted by Gasteiger charge is 2.26. The summed E-state index contributed by atoms with van der Waals surface area (Å²) in [6.07, 6.45) is 0. The molecule has 1 aromatic carbocycles. The van der Waals surface area contributed by atoms with Gasteiger partial charge in [0.05, 0.1) is 13.7 Å². The molecule has 0 unspecified atom stereocenters. The van der Waals surface area contributed by atoms with Crippen LogP contribution in [0, 0.1) is 13.8 Å². The summed E-state index contributed by atoms with van der Waals surface area (Å²) in [5.41, 5.74) is 2.71. The van der Waals surface area contributed by atoms with E-state index >= 15 is 0 Å². The topological polar surface area (TPSA) is 54.4 Å². The molecule has 5 heteroatoms. The van der Waals surface area contributed by atoms with Crippen molar-refractivity contribution in [1.82, 2.24) is 0 Å². The van der Waals surface area contributed by atoms with Crippen molar-refractivity contribution in [2.24, 2.45) is 0 Å². The van der Waals surface area contributed by atoms with Crippen LogP contribution < -0.4 is 5.19 Å². The maximum Gasteiger partial charge on any atom is 0.294 e. The first-order chi connectivity index (χ1) is 8.37. The lowest BCUT2D eigenvalue weighted by molar-refractivity contribution is 0.482. The van der Waals surface area contributed by atoms with Crippen molar-refractivity contribution in [1.29, 1.82) is 0 Å². The molecule has 0 aromatic heterocycles. The molecular formula is C14H23O3SSi. The van der Waals surface area contributed by atoms with E-state index in [-0.39, 0.29) is 10.3 Å². The van der Waals surface area contributed by atoms with Crippen LogP contribution in [0.15, 0.2) is 11.0 Å². The van der Waals surface area contributed by atoms with E-state index in [2.05, 4.69) is 33.9 Å². The SMILES string of the molecule is Cc1c(C(C)(C)C)cc(S(=O)(=O)O)c(C)c1[Si](C)C. The molecule has 1 N–H and O–H groups in total. The van der Waals surface area contributed by atoms with Crippen molar-refractivity contribution in [2.75, 3.05) is 0 Å². The first-order valence-corrected chi connectivity index (χ1v) is 10.2. The predicted molar refractivity (Wildman–Crippen MR) is 81.5 cm³/mol. The summed E-state index contributed by atoms with van der Waals surface area (Å²) in [5, 5.41) is 1.12. The molecule has 0 amide bonds. The second-order valence-corrected chi connectivity index (χ2v) is 10.2. The van der Waals surface area contributed by atoms with Crippen molar-refractivity contribution in [2.45, 2.75) is 58.0 Å². The van der Waals surface area contributed by atoms with Crippen LogP contribution in [0.1, 0.15) is 37.5 Å². The molecule has 19 heavy (non-hydrogen) atoms. The Bertz CT molecular complexity index is 596. The Morgan fingerprint density at radius 1 is 1.11 bits per heavy atom. The molecular weight excluding hydrogens is 276 g/mol. The van der Waals surface area contributed by atoms with Gasteiger partial charge in [0.2, 0.25) is 0 Å². The average molecular weight is 299 g/mol. The van der Waals surface area contributed by atoms with Gasteiger partial charge in [-0.25, -0.2) is 0 Å². The number of hydrogen-bond acceptors (Lipinski definition) is 2. The molecule has 0 atom stereocenters. The fraction of sp³-hybridized carbons (Fsp3) is 0.571. The Hall–Kier alpha value is -0.653. The maximum absolute atomic E-state index is 11.6. The molecule has 0 fully saturated rings. The molecule has 0 aliphatic rings. The van der Waals surface area contributed by atoms with E-state index in [0.29, 0.717) is 5.56 Å². The highest BCUT2D eigenvalue weighted by atomic mass is 32.2. The van der Waals surface area contributed by atoms with Crippen LogP contribution in [-0.4, -0.2) is 21.8 Å². The van der Waals surface area contributed by atoms with Gasteiger partial charge in [0.15, 0.2) is 0 Å².